The summed E-state index contributed by atoms with van der Waals surface area (Å²) in [5.74, 6) is -0.360. The van der Waals surface area contributed by atoms with Gasteiger partial charge in [0.05, 0.1) is 18.8 Å². The average Bonchev–Trinajstić information content (AvgIpc) is 2.49. The van der Waals surface area contributed by atoms with E-state index in [1.807, 2.05) is 0 Å². The van der Waals surface area contributed by atoms with Gasteiger partial charge in [-0.15, -0.1) is 12.4 Å². The molecule has 5 nitrogen and oxygen atoms in total. The van der Waals surface area contributed by atoms with Gasteiger partial charge in [-0.2, -0.15) is 0 Å². The molecule has 1 aliphatic rings. The second kappa shape index (κ2) is 8.17. The fourth-order valence-electron chi connectivity index (χ4n) is 2.23. The van der Waals surface area contributed by atoms with Crippen molar-refractivity contribution in [2.45, 2.75) is 18.9 Å². The largest absolute Gasteiger partial charge is 0.497 e. The third-order valence-corrected chi connectivity index (χ3v) is 3.51. The number of carbonyl (C=O) groups is 1. The van der Waals surface area contributed by atoms with Crippen molar-refractivity contribution in [3.8, 4) is 5.75 Å². The monoisotopic (exact) mass is 318 g/mol. The summed E-state index contributed by atoms with van der Waals surface area (Å²) in [7, 11) is 1.48. The molecule has 0 spiro atoms. The molecule has 1 atom stereocenters. The van der Waals surface area contributed by atoms with Gasteiger partial charge >= 0.3 is 0 Å². The Morgan fingerprint density at radius 3 is 2.76 bits per heavy atom. The Morgan fingerprint density at radius 2 is 2.14 bits per heavy atom. The minimum Gasteiger partial charge on any atom is -0.497 e. The summed E-state index contributed by atoms with van der Waals surface area (Å²) in [4.78, 5) is 12.1. The molecule has 1 aromatic carbocycles. The zero-order valence-corrected chi connectivity index (χ0v) is 12.6. The Bertz CT molecular complexity index is 481. The van der Waals surface area contributed by atoms with Gasteiger partial charge in [-0.3, -0.25) is 4.79 Å². The summed E-state index contributed by atoms with van der Waals surface area (Å²) in [6.45, 7) is 1.22. The Morgan fingerprint density at radius 1 is 1.48 bits per heavy atom. The van der Waals surface area contributed by atoms with Crippen molar-refractivity contribution in [2.75, 3.05) is 25.6 Å². The highest BCUT2D eigenvalue weighted by Crippen LogP contribution is 2.23. The average molecular weight is 319 g/mol. The molecule has 0 bridgehead atoms. The number of amides is 1. The van der Waals surface area contributed by atoms with Crippen LogP contribution in [0.25, 0.3) is 0 Å². The zero-order chi connectivity index (χ0) is 14.5. The summed E-state index contributed by atoms with van der Waals surface area (Å²) in [5, 5.41) is 2.52. The summed E-state index contributed by atoms with van der Waals surface area (Å²) in [5.41, 5.74) is 6.02. The van der Waals surface area contributed by atoms with E-state index in [0.717, 1.165) is 12.8 Å². The molecule has 118 valence electrons. The van der Waals surface area contributed by atoms with Crippen LogP contribution in [-0.2, 0) is 9.53 Å². The van der Waals surface area contributed by atoms with E-state index < -0.39 is 11.9 Å². The molecule has 7 heteroatoms. The van der Waals surface area contributed by atoms with Crippen LogP contribution in [0.2, 0.25) is 0 Å². The fourth-order valence-corrected chi connectivity index (χ4v) is 2.23. The standard InChI is InChI=1S/C14H19FN2O3.ClH/c1-19-10-2-3-11(15)12(8-10)17-14(18)13(16)9-4-6-20-7-5-9;/h2-3,8-9,13H,4-7,16H2,1H3,(H,17,18);1H. The number of ether oxygens (including phenoxy) is 2. The number of nitrogens with one attached hydrogen (secondary N) is 1. The van der Waals surface area contributed by atoms with Crippen LogP contribution >= 0.6 is 12.4 Å². The van der Waals surface area contributed by atoms with Crippen LogP contribution in [-0.4, -0.2) is 32.3 Å². The molecular formula is C14H20ClFN2O3. The van der Waals surface area contributed by atoms with Crippen LogP contribution in [0.3, 0.4) is 0 Å². The molecule has 0 radical (unpaired) electrons. The van der Waals surface area contributed by atoms with Crippen LogP contribution in [0.4, 0.5) is 10.1 Å². The van der Waals surface area contributed by atoms with E-state index in [9.17, 15) is 9.18 Å². The van der Waals surface area contributed by atoms with Crippen LogP contribution in [0.5, 0.6) is 5.75 Å². The van der Waals surface area contributed by atoms with Gasteiger partial charge in [-0.25, -0.2) is 4.39 Å². The molecule has 0 aliphatic carbocycles. The molecule has 1 amide bonds. The highest BCUT2D eigenvalue weighted by Gasteiger charge is 2.27. The molecule has 1 fully saturated rings. The topological polar surface area (TPSA) is 73.6 Å². The summed E-state index contributed by atoms with van der Waals surface area (Å²) in [6.07, 6.45) is 1.49. The number of benzene rings is 1. The minimum atomic E-state index is -0.662. The minimum absolute atomic E-state index is 0. The predicted octanol–water partition coefficient (Wildman–Crippen LogP) is 1.95. The third kappa shape index (κ3) is 4.56. The molecule has 0 saturated carbocycles. The number of nitrogens with two attached hydrogens (primary N) is 1. The summed E-state index contributed by atoms with van der Waals surface area (Å²) in [6, 6.07) is 3.51. The van der Waals surface area contributed by atoms with Crippen molar-refractivity contribution in [1.29, 1.82) is 0 Å². The quantitative estimate of drug-likeness (QED) is 0.890. The van der Waals surface area contributed by atoms with Gasteiger partial charge in [0.1, 0.15) is 11.6 Å². The van der Waals surface area contributed by atoms with Crippen molar-refractivity contribution in [2.24, 2.45) is 11.7 Å². The molecule has 21 heavy (non-hydrogen) atoms. The maximum atomic E-state index is 13.6. The van der Waals surface area contributed by atoms with E-state index in [1.165, 1.54) is 25.3 Å². The maximum Gasteiger partial charge on any atom is 0.241 e. The lowest BCUT2D eigenvalue weighted by atomic mass is 9.92. The van der Waals surface area contributed by atoms with E-state index in [2.05, 4.69) is 5.32 Å². The maximum absolute atomic E-state index is 13.6. The van der Waals surface area contributed by atoms with E-state index >= 15 is 0 Å². The lowest BCUT2D eigenvalue weighted by Gasteiger charge is -2.26. The molecule has 2 rings (SSSR count). The van der Waals surface area contributed by atoms with E-state index in [0.29, 0.717) is 19.0 Å². The predicted molar refractivity (Wildman–Crippen MR) is 80.3 cm³/mol. The second-order valence-corrected chi connectivity index (χ2v) is 4.81. The van der Waals surface area contributed by atoms with Crippen LogP contribution in [0.15, 0.2) is 18.2 Å². The smallest absolute Gasteiger partial charge is 0.241 e. The first-order valence-electron chi connectivity index (χ1n) is 6.59. The lowest BCUT2D eigenvalue weighted by Crippen LogP contribution is -2.44. The first-order valence-corrected chi connectivity index (χ1v) is 6.59. The third-order valence-electron chi connectivity index (χ3n) is 3.51. The van der Waals surface area contributed by atoms with Gasteiger partial charge in [0.15, 0.2) is 0 Å². The van der Waals surface area contributed by atoms with Gasteiger partial charge in [0, 0.05) is 19.3 Å². The number of carbonyl (C=O) groups excluding carboxylic acids is 1. The molecule has 1 unspecified atom stereocenters. The van der Waals surface area contributed by atoms with Crippen molar-refractivity contribution in [3.05, 3.63) is 24.0 Å². The molecule has 3 N–H and O–H groups in total. The number of methoxy groups -OCH3 is 1. The molecule has 0 aromatic heterocycles. The van der Waals surface area contributed by atoms with Gasteiger partial charge in [0.2, 0.25) is 5.91 Å². The number of anilines is 1. The first kappa shape index (κ1) is 17.7. The number of hydrogen-bond donors (Lipinski definition) is 2. The Hall–Kier alpha value is -1.37. The van der Waals surface area contributed by atoms with Crippen molar-refractivity contribution < 1.29 is 18.7 Å². The normalized spacial score (nSPS) is 16.7. The van der Waals surface area contributed by atoms with Crippen molar-refractivity contribution in [3.63, 3.8) is 0 Å². The fraction of sp³-hybridized carbons (Fsp3) is 0.500. The van der Waals surface area contributed by atoms with E-state index in [-0.39, 0.29) is 29.9 Å². The van der Waals surface area contributed by atoms with Gasteiger partial charge in [-0.1, -0.05) is 0 Å². The van der Waals surface area contributed by atoms with E-state index in [1.54, 1.807) is 0 Å². The first-order chi connectivity index (χ1) is 9.61. The molecular weight excluding hydrogens is 299 g/mol. The van der Waals surface area contributed by atoms with Crippen LogP contribution in [0, 0.1) is 11.7 Å². The van der Waals surface area contributed by atoms with E-state index in [4.69, 9.17) is 15.2 Å². The van der Waals surface area contributed by atoms with Gasteiger partial charge in [-0.05, 0) is 30.9 Å². The summed E-state index contributed by atoms with van der Waals surface area (Å²) < 4.78 is 23.9. The Labute approximate surface area is 129 Å². The SMILES string of the molecule is COc1ccc(F)c(NC(=O)C(N)C2CCOCC2)c1.Cl. The second-order valence-electron chi connectivity index (χ2n) is 4.81. The van der Waals surface area contributed by atoms with Gasteiger partial charge < -0.3 is 20.5 Å². The molecule has 1 aromatic rings. The Balaban J connectivity index is 0.00000220. The zero-order valence-electron chi connectivity index (χ0n) is 11.8. The van der Waals surface area contributed by atoms with Crippen molar-refractivity contribution in [1.82, 2.24) is 0 Å². The molecule has 1 aliphatic heterocycles. The highest BCUT2D eigenvalue weighted by molar-refractivity contribution is 5.95. The molecule has 1 heterocycles. The summed E-state index contributed by atoms with van der Waals surface area (Å²) >= 11 is 0. The highest BCUT2D eigenvalue weighted by atomic mass is 35.5. The number of rotatable bonds is 4. The van der Waals surface area contributed by atoms with Crippen LogP contribution in [0.1, 0.15) is 12.8 Å². The number of halogens is 2. The lowest BCUT2D eigenvalue weighted by molar-refractivity contribution is -0.119. The Kier molecular flexibility index (Phi) is 6.87. The van der Waals surface area contributed by atoms with Crippen LogP contribution < -0.4 is 15.8 Å². The van der Waals surface area contributed by atoms with Crippen molar-refractivity contribution >= 4 is 24.0 Å². The number of hydrogen-bond acceptors (Lipinski definition) is 4. The molecule has 1 saturated heterocycles. The van der Waals surface area contributed by atoms with Gasteiger partial charge in [0.25, 0.3) is 0 Å².